The van der Waals surface area contributed by atoms with Crippen LogP contribution in [0, 0.1) is 6.92 Å². The van der Waals surface area contributed by atoms with Gasteiger partial charge in [-0.3, -0.25) is 9.36 Å². The van der Waals surface area contributed by atoms with Crippen LogP contribution >= 0.6 is 7.37 Å². The van der Waals surface area contributed by atoms with Crippen LogP contribution in [0.3, 0.4) is 0 Å². The summed E-state index contributed by atoms with van der Waals surface area (Å²) in [7, 11) is -4.64. The number of nitrogens with one attached hydrogen (secondary N) is 2. The molecule has 0 fully saturated rings. The Morgan fingerprint density at radius 2 is 1.77 bits per heavy atom. The minimum atomic E-state index is -3.35. The molecule has 1 aromatic heterocycles. The molecule has 2 atom stereocenters. The first-order valence-electron chi connectivity index (χ1n) is 12.2. The zero-order valence-electron chi connectivity index (χ0n) is 22.9. The number of hydrogen-bond donors (Lipinski definition) is 2. The highest BCUT2D eigenvalue weighted by Gasteiger charge is 2.26. The lowest BCUT2D eigenvalue weighted by molar-refractivity contribution is -0.738. The van der Waals surface area contributed by atoms with Crippen molar-refractivity contribution >= 4 is 28.9 Å². The first-order chi connectivity index (χ1) is 18.3. The van der Waals surface area contributed by atoms with Gasteiger partial charge in [-0.05, 0) is 50.2 Å². The van der Waals surface area contributed by atoms with Crippen molar-refractivity contribution in [1.29, 1.82) is 0 Å². The molecule has 0 bridgehead atoms. The molecule has 13 heteroatoms. The molecule has 3 aromatic rings. The molecule has 1 heterocycles. The first-order valence-corrected chi connectivity index (χ1v) is 16.3. The first kappa shape index (κ1) is 30.4. The van der Waals surface area contributed by atoms with Crippen molar-refractivity contribution in [2.45, 2.75) is 38.1 Å². The van der Waals surface area contributed by atoms with Crippen molar-refractivity contribution in [2.24, 2.45) is 0 Å². The maximum Gasteiger partial charge on any atom is 0.265 e. The van der Waals surface area contributed by atoms with E-state index in [1.165, 1.54) is 24.3 Å². The number of aryl methyl sites for hydroxylation is 1. The lowest BCUT2D eigenvalue weighted by Crippen LogP contribution is -2.38. The van der Waals surface area contributed by atoms with Crippen LogP contribution in [-0.4, -0.2) is 58.8 Å². The minimum Gasteiger partial charge on any atom is -0.488 e. The van der Waals surface area contributed by atoms with Crippen molar-refractivity contribution < 1.29 is 41.2 Å². The Kier molecular flexibility index (Phi) is 9.95. The third-order valence-electron chi connectivity index (χ3n) is 5.45. The number of carbonyl (C=O) groups is 1. The smallest absolute Gasteiger partial charge is 0.265 e. The predicted molar refractivity (Wildman–Crippen MR) is 147 cm³/mol. The summed E-state index contributed by atoms with van der Waals surface area (Å²) in [5, 5.41) is 5.85. The number of sulfone groups is 1. The molecule has 39 heavy (non-hydrogen) atoms. The van der Waals surface area contributed by atoms with Gasteiger partial charge in [0.25, 0.3) is 13.3 Å². The number of methoxy groups -OCH3 is 1. The van der Waals surface area contributed by atoms with Gasteiger partial charge in [-0.25, -0.2) is 8.42 Å². The quantitative estimate of drug-likeness (QED) is 0.225. The number of amides is 1. The van der Waals surface area contributed by atoms with Crippen LogP contribution in [0.25, 0.3) is 0 Å². The van der Waals surface area contributed by atoms with Gasteiger partial charge in [0.05, 0.1) is 24.2 Å². The van der Waals surface area contributed by atoms with E-state index in [1.54, 1.807) is 49.6 Å². The Morgan fingerprint density at radius 3 is 2.38 bits per heavy atom. The van der Waals surface area contributed by atoms with E-state index in [0.717, 1.165) is 11.9 Å². The van der Waals surface area contributed by atoms with E-state index >= 15 is 0 Å². The second kappa shape index (κ2) is 12.8. The van der Waals surface area contributed by atoms with Crippen molar-refractivity contribution in [3.05, 3.63) is 59.8 Å². The lowest BCUT2D eigenvalue weighted by Gasteiger charge is -2.16. The number of anilines is 1. The summed E-state index contributed by atoms with van der Waals surface area (Å²) >= 11 is 0. The molecule has 1 unspecified atom stereocenters. The minimum absolute atomic E-state index is 0.138. The number of nitrogens with zero attached hydrogens (tertiary/aromatic N) is 1. The molecule has 212 valence electrons. The van der Waals surface area contributed by atoms with Gasteiger partial charge in [0, 0.05) is 38.6 Å². The van der Waals surface area contributed by atoms with Crippen molar-refractivity contribution in [1.82, 2.24) is 5.10 Å². The third-order valence-corrected chi connectivity index (χ3v) is 8.18. The van der Waals surface area contributed by atoms with Crippen molar-refractivity contribution in [3.8, 4) is 17.2 Å². The van der Waals surface area contributed by atoms with E-state index in [2.05, 4.69) is 10.4 Å². The summed E-state index contributed by atoms with van der Waals surface area (Å²) in [6, 6.07) is 12.5. The fraction of sp³-hybridized carbons (Fsp3) is 0.385. The molecule has 2 aromatic carbocycles. The highest BCUT2D eigenvalue weighted by atomic mass is 32.2. The van der Waals surface area contributed by atoms with Crippen LogP contribution in [0.1, 0.15) is 29.9 Å². The van der Waals surface area contributed by atoms with Gasteiger partial charge in [0.15, 0.2) is 15.7 Å². The largest absolute Gasteiger partial charge is 0.488 e. The molecule has 0 aliphatic carbocycles. The Hall–Kier alpha value is -3.18. The third kappa shape index (κ3) is 8.93. The number of rotatable bonds is 13. The molecule has 2 N–H and O–H groups in total. The maximum atomic E-state index is 13.2. The van der Waals surface area contributed by atoms with Gasteiger partial charge in [0.2, 0.25) is 12.0 Å². The summed E-state index contributed by atoms with van der Waals surface area (Å²) in [4.78, 5) is 13.4. The predicted octanol–water partition coefficient (Wildman–Crippen LogP) is 4.37. The van der Waals surface area contributed by atoms with Gasteiger partial charge >= 0.3 is 0 Å². The lowest BCUT2D eigenvalue weighted by atomic mass is 10.2. The number of aromatic nitrogens is 2. The number of carbonyl (C=O) groups excluding carboxylic acids is 1. The second-order valence-corrected chi connectivity index (χ2v) is 13.8. The number of ether oxygens (including phenoxy) is 3. The van der Waals surface area contributed by atoms with Crippen LogP contribution in [0.4, 0.5) is 5.82 Å². The van der Waals surface area contributed by atoms with Crippen LogP contribution in [0.5, 0.6) is 17.2 Å². The molecule has 0 spiro atoms. The maximum absolute atomic E-state index is 13.2. The SMILES string of the molecule is CCOP(C)(=O)C[n+]1[nH]c(NC(=O)c2cc(Oc3ccc(S(C)(=O)=O)cc3)cc(O[C@@H](C)COC)c2)cc1C. The molecule has 0 saturated carbocycles. The van der Waals surface area contributed by atoms with Gasteiger partial charge in [-0.15, -0.1) is 9.78 Å². The summed E-state index contributed by atoms with van der Waals surface area (Å²) < 4.78 is 60.1. The molecule has 0 radical (unpaired) electrons. The molecular formula is C26H35N3O8PS+. The molecule has 3 rings (SSSR count). The van der Waals surface area contributed by atoms with Crippen LogP contribution in [0.2, 0.25) is 0 Å². The average Bonchev–Trinajstić information content (AvgIpc) is 3.16. The number of H-pyrrole nitrogens is 1. The highest BCUT2D eigenvalue weighted by molar-refractivity contribution is 7.90. The van der Waals surface area contributed by atoms with E-state index in [9.17, 15) is 17.8 Å². The number of hydrogen-bond acceptors (Lipinski definition) is 8. The van der Waals surface area contributed by atoms with E-state index in [4.69, 9.17) is 18.7 Å². The fourth-order valence-corrected chi connectivity index (χ4v) is 5.82. The van der Waals surface area contributed by atoms with Gasteiger partial charge in [-0.2, -0.15) is 0 Å². The Morgan fingerprint density at radius 1 is 1.10 bits per heavy atom. The Labute approximate surface area is 228 Å². The molecular weight excluding hydrogens is 545 g/mol. The average molecular weight is 581 g/mol. The zero-order chi connectivity index (χ0) is 28.8. The van der Waals surface area contributed by atoms with Gasteiger partial charge in [-0.1, -0.05) is 0 Å². The van der Waals surface area contributed by atoms with Gasteiger partial charge in [0.1, 0.15) is 23.4 Å². The molecule has 11 nitrogen and oxygen atoms in total. The Balaban J connectivity index is 1.86. The summed E-state index contributed by atoms with van der Waals surface area (Å²) in [6.07, 6.45) is 0.970. The summed E-state index contributed by atoms with van der Waals surface area (Å²) in [5.41, 5.74) is 1.02. The standard InChI is InChI=1S/C26H34N3O8PS/c1-7-35-38(5,31)17-29-18(2)12-25(28-29)27-26(30)20-13-22(36-19(3)16-34-4)15-23(14-20)37-21-8-10-24(11-9-21)39(6,32)33/h8-15,19H,7,16-17H2,1-6H3,(H,27,28,30)/p+1/t19-,38?/m0/s1. The molecule has 1 amide bonds. The van der Waals surface area contributed by atoms with E-state index in [1.807, 2.05) is 13.8 Å². The molecule has 0 aliphatic heterocycles. The van der Waals surface area contributed by atoms with Crippen LogP contribution in [-0.2, 0) is 29.9 Å². The fourth-order valence-electron chi connectivity index (χ4n) is 3.75. The second-order valence-electron chi connectivity index (χ2n) is 9.19. The zero-order valence-corrected chi connectivity index (χ0v) is 24.6. The van der Waals surface area contributed by atoms with E-state index in [0.29, 0.717) is 36.3 Å². The Bertz CT molecular complexity index is 1450. The highest BCUT2D eigenvalue weighted by Crippen LogP contribution is 2.42. The monoisotopic (exact) mass is 580 g/mol. The molecule has 0 aliphatic rings. The topological polar surface area (TPSA) is 137 Å². The molecule has 0 saturated heterocycles. The van der Waals surface area contributed by atoms with Crippen molar-refractivity contribution in [3.63, 3.8) is 0 Å². The number of aromatic amines is 1. The summed E-state index contributed by atoms with van der Waals surface area (Å²) in [5.74, 6) is 1.06. The van der Waals surface area contributed by atoms with E-state index in [-0.39, 0.29) is 22.8 Å². The number of benzene rings is 2. The van der Waals surface area contributed by atoms with Gasteiger partial charge < -0.3 is 24.1 Å². The summed E-state index contributed by atoms with van der Waals surface area (Å²) in [6.45, 7) is 7.68. The van der Waals surface area contributed by atoms with E-state index < -0.39 is 23.1 Å². The normalized spacial score (nSPS) is 13.9. The van der Waals surface area contributed by atoms with Crippen molar-refractivity contribution in [2.75, 3.05) is 38.6 Å². The van der Waals surface area contributed by atoms with Crippen LogP contribution < -0.4 is 19.5 Å². The van der Waals surface area contributed by atoms with Crippen LogP contribution in [0.15, 0.2) is 53.4 Å².